The summed E-state index contributed by atoms with van der Waals surface area (Å²) in [4.78, 5) is 0. The minimum atomic E-state index is -0.492. The number of rotatable bonds is 6. The molecule has 19 heavy (non-hydrogen) atoms. The van der Waals surface area contributed by atoms with Gasteiger partial charge in [-0.2, -0.15) is 0 Å². The molecule has 1 N–H and O–H groups in total. The highest BCUT2D eigenvalue weighted by atomic mass is 19.1. The Hall–Kier alpha value is -0.960. The molecule has 0 spiro atoms. The fourth-order valence-corrected chi connectivity index (χ4v) is 3.09. The molecule has 3 heteroatoms. The lowest BCUT2D eigenvalue weighted by atomic mass is 9.89. The summed E-state index contributed by atoms with van der Waals surface area (Å²) in [6.45, 7) is 4.24. The van der Waals surface area contributed by atoms with E-state index in [0.717, 1.165) is 38.4 Å². The fraction of sp³-hybridized carbons (Fsp3) is 0.625. The van der Waals surface area contributed by atoms with Crippen LogP contribution < -0.4 is 5.32 Å². The lowest BCUT2D eigenvalue weighted by Crippen LogP contribution is -2.26. The lowest BCUT2D eigenvalue weighted by Gasteiger charge is -2.20. The summed E-state index contributed by atoms with van der Waals surface area (Å²) in [7, 11) is 0. The summed E-state index contributed by atoms with van der Waals surface area (Å²) < 4.78 is 26.6. The highest BCUT2D eigenvalue weighted by Crippen LogP contribution is 2.34. The summed E-state index contributed by atoms with van der Waals surface area (Å²) in [5, 5.41) is 3.46. The molecule has 0 heterocycles. The van der Waals surface area contributed by atoms with E-state index in [2.05, 4.69) is 12.2 Å². The van der Waals surface area contributed by atoms with Crippen LogP contribution in [-0.2, 0) is 6.42 Å². The fourth-order valence-electron chi connectivity index (χ4n) is 3.09. The summed E-state index contributed by atoms with van der Waals surface area (Å²) in [6, 6.07) is 3.95. The first-order chi connectivity index (χ1) is 9.20. The topological polar surface area (TPSA) is 12.0 Å². The third kappa shape index (κ3) is 4.00. The van der Waals surface area contributed by atoms with Gasteiger partial charge in [0.15, 0.2) is 0 Å². The molecule has 106 valence electrons. The Kier molecular flexibility index (Phi) is 5.32. The first-order valence-corrected chi connectivity index (χ1v) is 7.35. The van der Waals surface area contributed by atoms with E-state index in [4.69, 9.17) is 0 Å². The largest absolute Gasteiger partial charge is 0.316 e. The predicted molar refractivity (Wildman–Crippen MR) is 74.1 cm³/mol. The van der Waals surface area contributed by atoms with Crippen LogP contribution in [0.15, 0.2) is 18.2 Å². The van der Waals surface area contributed by atoms with E-state index in [1.807, 2.05) is 0 Å². The molecule has 0 bridgehead atoms. The standard InChI is InChI=1S/C16H23F2N/c1-2-8-19-11-14-5-3-4-12(14)9-13-6-7-15(17)10-16(13)18/h6-7,10,12,14,19H,2-5,8-9,11H2,1H3. The maximum Gasteiger partial charge on any atom is 0.129 e. The molecule has 2 unspecified atom stereocenters. The van der Waals surface area contributed by atoms with Crippen LogP contribution in [-0.4, -0.2) is 13.1 Å². The SMILES string of the molecule is CCCNCC1CCCC1Cc1ccc(F)cc1F. The zero-order chi connectivity index (χ0) is 13.7. The van der Waals surface area contributed by atoms with Gasteiger partial charge in [0.2, 0.25) is 0 Å². The molecular weight excluding hydrogens is 244 g/mol. The first kappa shape index (κ1) is 14.4. The van der Waals surface area contributed by atoms with Gasteiger partial charge in [0.25, 0.3) is 0 Å². The summed E-state index contributed by atoms with van der Waals surface area (Å²) in [5.74, 6) is 0.279. The van der Waals surface area contributed by atoms with Gasteiger partial charge in [-0.3, -0.25) is 0 Å². The summed E-state index contributed by atoms with van der Waals surface area (Å²) in [6.07, 6.45) is 5.50. The molecule has 2 atom stereocenters. The lowest BCUT2D eigenvalue weighted by molar-refractivity contribution is 0.361. The van der Waals surface area contributed by atoms with Crippen molar-refractivity contribution in [3.63, 3.8) is 0 Å². The van der Waals surface area contributed by atoms with E-state index in [1.165, 1.54) is 18.9 Å². The zero-order valence-electron chi connectivity index (χ0n) is 11.6. The Balaban J connectivity index is 1.93. The summed E-state index contributed by atoms with van der Waals surface area (Å²) >= 11 is 0. The Morgan fingerprint density at radius 2 is 2.00 bits per heavy atom. The molecule has 0 aliphatic heterocycles. The number of hydrogen-bond acceptors (Lipinski definition) is 1. The van der Waals surface area contributed by atoms with E-state index >= 15 is 0 Å². The van der Waals surface area contributed by atoms with Crippen LogP contribution in [0.4, 0.5) is 8.78 Å². The van der Waals surface area contributed by atoms with Gasteiger partial charge in [-0.15, -0.1) is 0 Å². The molecule has 0 aromatic heterocycles. The Morgan fingerprint density at radius 1 is 1.21 bits per heavy atom. The Labute approximate surface area is 114 Å². The van der Waals surface area contributed by atoms with Gasteiger partial charge in [0.05, 0.1) is 0 Å². The molecule has 2 rings (SSSR count). The van der Waals surface area contributed by atoms with Crippen molar-refractivity contribution >= 4 is 0 Å². The van der Waals surface area contributed by atoms with Gasteiger partial charge in [0.1, 0.15) is 11.6 Å². The quantitative estimate of drug-likeness (QED) is 0.770. The van der Waals surface area contributed by atoms with Gasteiger partial charge in [-0.05, 0) is 62.2 Å². The van der Waals surface area contributed by atoms with Gasteiger partial charge in [-0.25, -0.2) is 8.78 Å². The number of benzene rings is 1. The molecular formula is C16H23F2N. The molecule has 0 saturated heterocycles. The summed E-state index contributed by atoms with van der Waals surface area (Å²) in [5.41, 5.74) is 0.661. The average molecular weight is 267 g/mol. The van der Waals surface area contributed by atoms with Crippen molar-refractivity contribution < 1.29 is 8.78 Å². The van der Waals surface area contributed by atoms with Gasteiger partial charge >= 0.3 is 0 Å². The molecule has 1 aromatic carbocycles. The van der Waals surface area contributed by atoms with Crippen molar-refractivity contribution in [1.29, 1.82) is 0 Å². The van der Waals surface area contributed by atoms with Crippen LogP contribution in [0.2, 0.25) is 0 Å². The number of nitrogens with one attached hydrogen (secondary N) is 1. The maximum absolute atomic E-state index is 13.7. The predicted octanol–water partition coefficient (Wildman–Crippen LogP) is 3.92. The third-order valence-electron chi connectivity index (χ3n) is 4.15. The normalized spacial score (nSPS) is 22.9. The molecule has 0 amide bonds. The molecule has 1 aliphatic rings. The van der Waals surface area contributed by atoms with Gasteiger partial charge in [-0.1, -0.05) is 19.4 Å². The van der Waals surface area contributed by atoms with Crippen molar-refractivity contribution in [2.75, 3.05) is 13.1 Å². The van der Waals surface area contributed by atoms with E-state index in [-0.39, 0.29) is 0 Å². The first-order valence-electron chi connectivity index (χ1n) is 7.35. The highest BCUT2D eigenvalue weighted by molar-refractivity contribution is 5.19. The van der Waals surface area contributed by atoms with Crippen molar-refractivity contribution in [3.05, 3.63) is 35.4 Å². The second-order valence-corrected chi connectivity index (χ2v) is 5.60. The smallest absolute Gasteiger partial charge is 0.129 e. The van der Waals surface area contributed by atoms with Crippen LogP contribution in [0, 0.1) is 23.5 Å². The van der Waals surface area contributed by atoms with Gasteiger partial charge < -0.3 is 5.32 Å². The van der Waals surface area contributed by atoms with Crippen molar-refractivity contribution in [2.45, 2.75) is 39.0 Å². The van der Waals surface area contributed by atoms with Crippen LogP contribution in [0.5, 0.6) is 0 Å². The van der Waals surface area contributed by atoms with E-state index in [1.54, 1.807) is 6.07 Å². The third-order valence-corrected chi connectivity index (χ3v) is 4.15. The Bertz CT molecular complexity index is 406. The van der Waals surface area contributed by atoms with Crippen LogP contribution in [0.1, 0.15) is 38.2 Å². The van der Waals surface area contributed by atoms with Crippen LogP contribution in [0.3, 0.4) is 0 Å². The zero-order valence-corrected chi connectivity index (χ0v) is 11.6. The van der Waals surface area contributed by atoms with Crippen molar-refractivity contribution in [3.8, 4) is 0 Å². The van der Waals surface area contributed by atoms with Crippen LogP contribution in [0.25, 0.3) is 0 Å². The molecule has 1 fully saturated rings. The second kappa shape index (κ2) is 6.99. The monoisotopic (exact) mass is 267 g/mol. The van der Waals surface area contributed by atoms with Crippen LogP contribution >= 0.6 is 0 Å². The maximum atomic E-state index is 13.7. The minimum Gasteiger partial charge on any atom is -0.316 e. The highest BCUT2D eigenvalue weighted by Gasteiger charge is 2.27. The molecule has 1 saturated carbocycles. The average Bonchev–Trinajstić information content (AvgIpc) is 2.81. The molecule has 1 aliphatic carbocycles. The molecule has 1 nitrogen and oxygen atoms in total. The Morgan fingerprint density at radius 3 is 2.74 bits per heavy atom. The second-order valence-electron chi connectivity index (χ2n) is 5.60. The number of hydrogen-bond donors (Lipinski definition) is 1. The van der Waals surface area contributed by atoms with E-state index in [0.29, 0.717) is 17.4 Å². The van der Waals surface area contributed by atoms with E-state index in [9.17, 15) is 8.78 Å². The van der Waals surface area contributed by atoms with Gasteiger partial charge in [0, 0.05) is 6.07 Å². The minimum absolute atomic E-state index is 0.396. The number of halogens is 2. The van der Waals surface area contributed by atoms with Crippen molar-refractivity contribution in [2.24, 2.45) is 11.8 Å². The van der Waals surface area contributed by atoms with E-state index < -0.39 is 11.6 Å². The molecule has 0 radical (unpaired) electrons. The van der Waals surface area contributed by atoms with Crippen molar-refractivity contribution in [1.82, 2.24) is 5.32 Å². The molecule has 1 aromatic rings.